The summed E-state index contributed by atoms with van der Waals surface area (Å²) in [5, 5.41) is 5.96. The SMILES string of the molecule is O=C1[C@@H]2[C@H](C(=O)N1N=Cc1cc(Br)c(OCc3ccc(Cl)cc3)c(Br)c1)[C@H]1C=C[C@H]2C1. The first kappa shape index (κ1) is 20.9. The summed E-state index contributed by atoms with van der Waals surface area (Å²) in [4.78, 5) is 25.5. The Kier molecular flexibility index (Phi) is 5.52. The maximum absolute atomic E-state index is 12.7. The Labute approximate surface area is 201 Å². The summed E-state index contributed by atoms with van der Waals surface area (Å²) in [6.07, 6.45) is 6.58. The molecule has 0 aromatic heterocycles. The molecule has 1 saturated carbocycles. The van der Waals surface area contributed by atoms with E-state index >= 15 is 0 Å². The van der Waals surface area contributed by atoms with Gasteiger partial charge in [-0.05, 0) is 85.5 Å². The Hall–Kier alpha value is -1.96. The molecule has 0 N–H and O–H groups in total. The molecule has 3 aliphatic rings. The van der Waals surface area contributed by atoms with Crippen LogP contribution in [0.3, 0.4) is 0 Å². The van der Waals surface area contributed by atoms with Crippen LogP contribution in [0, 0.1) is 23.7 Å². The molecule has 2 bridgehead atoms. The van der Waals surface area contributed by atoms with Crippen LogP contribution in [-0.2, 0) is 16.2 Å². The molecule has 1 heterocycles. The molecule has 0 unspecified atom stereocenters. The molecule has 2 fully saturated rings. The van der Waals surface area contributed by atoms with Crippen molar-refractivity contribution in [2.75, 3.05) is 0 Å². The van der Waals surface area contributed by atoms with Crippen molar-refractivity contribution >= 4 is 61.5 Å². The lowest BCUT2D eigenvalue weighted by Gasteiger charge is -2.13. The number of benzene rings is 2. The Morgan fingerprint density at radius 1 is 1.03 bits per heavy atom. The predicted molar refractivity (Wildman–Crippen MR) is 125 cm³/mol. The molecule has 0 spiro atoms. The van der Waals surface area contributed by atoms with Gasteiger partial charge < -0.3 is 4.74 Å². The summed E-state index contributed by atoms with van der Waals surface area (Å²) in [5.41, 5.74) is 1.73. The summed E-state index contributed by atoms with van der Waals surface area (Å²) >= 11 is 13.0. The van der Waals surface area contributed by atoms with Crippen molar-refractivity contribution in [1.82, 2.24) is 5.01 Å². The van der Waals surface area contributed by atoms with E-state index in [-0.39, 0.29) is 35.5 Å². The summed E-state index contributed by atoms with van der Waals surface area (Å²) in [6, 6.07) is 11.1. The predicted octanol–water partition coefficient (Wildman–Crippen LogP) is 5.59. The molecular weight excluding hydrogens is 548 g/mol. The van der Waals surface area contributed by atoms with Gasteiger partial charge in [0.15, 0.2) is 0 Å². The molecule has 2 aromatic rings. The molecule has 8 heteroatoms. The largest absolute Gasteiger partial charge is 0.487 e. The van der Waals surface area contributed by atoms with Crippen molar-refractivity contribution < 1.29 is 14.3 Å². The second kappa shape index (κ2) is 8.19. The van der Waals surface area contributed by atoms with Gasteiger partial charge in [-0.1, -0.05) is 35.9 Å². The van der Waals surface area contributed by atoms with E-state index in [0.717, 1.165) is 31.5 Å². The van der Waals surface area contributed by atoms with E-state index in [2.05, 4.69) is 49.1 Å². The minimum Gasteiger partial charge on any atom is -0.487 e. The third-order valence-electron chi connectivity index (χ3n) is 6.09. The van der Waals surface area contributed by atoms with Gasteiger partial charge in [0.2, 0.25) is 0 Å². The Morgan fingerprint density at radius 3 is 2.19 bits per heavy atom. The van der Waals surface area contributed by atoms with E-state index in [4.69, 9.17) is 16.3 Å². The molecule has 31 heavy (non-hydrogen) atoms. The van der Waals surface area contributed by atoms with E-state index in [1.165, 1.54) is 6.21 Å². The number of hydrogen-bond acceptors (Lipinski definition) is 4. The van der Waals surface area contributed by atoms with Crippen molar-refractivity contribution in [3.8, 4) is 5.75 Å². The number of carbonyl (C=O) groups is 2. The van der Waals surface area contributed by atoms with Crippen LogP contribution in [0.2, 0.25) is 5.02 Å². The number of fused-ring (bicyclic) bond motifs is 5. The monoisotopic (exact) mass is 562 g/mol. The van der Waals surface area contributed by atoms with E-state index in [1.54, 1.807) is 0 Å². The van der Waals surface area contributed by atoms with Gasteiger partial charge >= 0.3 is 0 Å². The number of halogens is 3. The van der Waals surface area contributed by atoms with Gasteiger partial charge in [0.1, 0.15) is 12.4 Å². The highest BCUT2D eigenvalue weighted by molar-refractivity contribution is 9.11. The van der Waals surface area contributed by atoms with Gasteiger partial charge in [0.25, 0.3) is 11.8 Å². The molecule has 4 atom stereocenters. The number of carbonyl (C=O) groups excluding carboxylic acids is 2. The summed E-state index contributed by atoms with van der Waals surface area (Å²) in [7, 11) is 0. The van der Waals surface area contributed by atoms with Gasteiger partial charge in [-0.2, -0.15) is 10.1 Å². The Bertz CT molecular complexity index is 1080. The van der Waals surface area contributed by atoms with Crippen molar-refractivity contribution in [2.24, 2.45) is 28.8 Å². The quantitative estimate of drug-likeness (QED) is 0.271. The maximum atomic E-state index is 12.7. The third kappa shape index (κ3) is 3.77. The first-order valence-corrected chi connectivity index (χ1v) is 11.8. The van der Waals surface area contributed by atoms with Crippen LogP contribution in [0.5, 0.6) is 5.75 Å². The number of ether oxygens (including phenoxy) is 1. The first-order chi connectivity index (χ1) is 14.9. The standard InChI is InChI=1S/C23H17Br2ClN2O3/c24-17-7-13(8-18(25)21(17)31-11-12-1-5-16(26)6-2-12)10-27-28-22(29)19-14-3-4-15(9-14)20(19)23(28)30/h1-8,10,14-15,19-20H,9,11H2/t14-,15-,19-,20+/m0/s1. The van der Waals surface area contributed by atoms with E-state index in [0.29, 0.717) is 17.4 Å². The van der Waals surface area contributed by atoms with Crippen LogP contribution in [0.1, 0.15) is 17.5 Å². The van der Waals surface area contributed by atoms with Gasteiger partial charge in [-0.15, -0.1) is 0 Å². The zero-order valence-electron chi connectivity index (χ0n) is 16.2. The van der Waals surface area contributed by atoms with E-state index in [1.807, 2.05) is 36.4 Å². The van der Waals surface area contributed by atoms with Crippen LogP contribution < -0.4 is 4.74 Å². The van der Waals surface area contributed by atoms with Gasteiger partial charge in [-0.3, -0.25) is 9.59 Å². The molecular formula is C23H17Br2ClN2O3. The molecule has 5 rings (SSSR count). The van der Waals surface area contributed by atoms with E-state index < -0.39 is 0 Å². The minimum atomic E-state index is -0.248. The lowest BCUT2D eigenvalue weighted by molar-refractivity contribution is -0.140. The van der Waals surface area contributed by atoms with Gasteiger partial charge in [-0.25, -0.2) is 0 Å². The molecule has 2 amide bonds. The van der Waals surface area contributed by atoms with Crippen LogP contribution in [-0.4, -0.2) is 23.0 Å². The molecule has 1 aliphatic heterocycles. The average molecular weight is 565 g/mol. The number of imide groups is 1. The van der Waals surface area contributed by atoms with Crippen molar-refractivity contribution in [3.63, 3.8) is 0 Å². The molecule has 2 aliphatic carbocycles. The summed E-state index contributed by atoms with van der Waals surface area (Å²) in [6.45, 7) is 0.387. The molecule has 158 valence electrons. The number of hydrazone groups is 1. The highest BCUT2D eigenvalue weighted by atomic mass is 79.9. The van der Waals surface area contributed by atoms with Crippen molar-refractivity contribution in [3.05, 3.63) is 73.6 Å². The number of hydrogen-bond donors (Lipinski definition) is 0. The lowest BCUT2D eigenvalue weighted by atomic mass is 9.85. The summed E-state index contributed by atoms with van der Waals surface area (Å²) in [5.74, 6) is 0.119. The lowest BCUT2D eigenvalue weighted by Crippen LogP contribution is -2.28. The Morgan fingerprint density at radius 2 is 1.61 bits per heavy atom. The highest BCUT2D eigenvalue weighted by Crippen LogP contribution is 2.52. The number of rotatable bonds is 5. The molecule has 5 nitrogen and oxygen atoms in total. The van der Waals surface area contributed by atoms with Crippen LogP contribution in [0.25, 0.3) is 0 Å². The third-order valence-corrected chi connectivity index (χ3v) is 7.52. The zero-order chi connectivity index (χ0) is 21.7. The fourth-order valence-electron chi connectivity index (χ4n) is 4.65. The highest BCUT2D eigenvalue weighted by Gasteiger charge is 2.59. The average Bonchev–Trinajstić information content (AvgIpc) is 3.42. The second-order valence-electron chi connectivity index (χ2n) is 7.96. The number of allylic oxidation sites excluding steroid dienone is 2. The van der Waals surface area contributed by atoms with Crippen LogP contribution in [0.15, 0.2) is 62.6 Å². The summed E-state index contributed by atoms with van der Waals surface area (Å²) < 4.78 is 7.40. The second-order valence-corrected chi connectivity index (χ2v) is 10.1. The van der Waals surface area contributed by atoms with Gasteiger partial charge in [0.05, 0.1) is 27.0 Å². The fourth-order valence-corrected chi connectivity index (χ4v) is 6.23. The minimum absolute atomic E-state index is 0.173. The normalized spacial score (nSPS) is 26.4. The van der Waals surface area contributed by atoms with Crippen LogP contribution >= 0.6 is 43.5 Å². The first-order valence-electron chi connectivity index (χ1n) is 9.89. The Balaban J connectivity index is 1.30. The number of nitrogens with zero attached hydrogens (tertiary/aromatic N) is 2. The smallest absolute Gasteiger partial charge is 0.254 e. The number of amides is 2. The fraction of sp³-hybridized carbons (Fsp3) is 0.261. The molecule has 2 aromatic carbocycles. The molecule has 1 saturated heterocycles. The zero-order valence-corrected chi connectivity index (χ0v) is 20.1. The van der Waals surface area contributed by atoms with Gasteiger partial charge in [0, 0.05) is 5.02 Å². The van der Waals surface area contributed by atoms with Crippen molar-refractivity contribution in [2.45, 2.75) is 13.0 Å². The van der Waals surface area contributed by atoms with E-state index in [9.17, 15) is 9.59 Å². The maximum Gasteiger partial charge on any atom is 0.254 e. The molecule has 0 radical (unpaired) electrons. The van der Waals surface area contributed by atoms with Crippen molar-refractivity contribution in [1.29, 1.82) is 0 Å². The van der Waals surface area contributed by atoms with Crippen LogP contribution in [0.4, 0.5) is 0 Å². The topological polar surface area (TPSA) is 59.0 Å².